The van der Waals surface area contributed by atoms with Gasteiger partial charge in [0.15, 0.2) is 0 Å². The van der Waals surface area contributed by atoms with E-state index in [1.807, 2.05) is 38.1 Å². The first-order valence-electron chi connectivity index (χ1n) is 7.87. The van der Waals surface area contributed by atoms with Crippen molar-refractivity contribution in [3.63, 3.8) is 0 Å². The largest absolute Gasteiger partial charge is 0.356 e. The van der Waals surface area contributed by atoms with Crippen molar-refractivity contribution in [2.24, 2.45) is 5.92 Å². The maximum Gasteiger partial charge on any atom is 0.226 e. The number of rotatable bonds is 9. The number of amides is 2. The van der Waals surface area contributed by atoms with Crippen LogP contribution in [-0.4, -0.2) is 24.9 Å². The van der Waals surface area contributed by atoms with Crippen molar-refractivity contribution >= 4 is 17.5 Å². The monoisotopic (exact) mass is 305 g/mol. The van der Waals surface area contributed by atoms with Crippen LogP contribution in [0.15, 0.2) is 24.3 Å². The minimum Gasteiger partial charge on any atom is -0.356 e. The SMILES string of the molecule is CCNCc1cccc(NC(=O)CCNC(=O)CC(C)C)c1. The summed E-state index contributed by atoms with van der Waals surface area (Å²) in [6.45, 7) is 8.10. The summed E-state index contributed by atoms with van der Waals surface area (Å²) in [4.78, 5) is 23.4. The zero-order chi connectivity index (χ0) is 16.4. The van der Waals surface area contributed by atoms with Crippen LogP contribution >= 0.6 is 0 Å². The molecule has 0 heterocycles. The minimum atomic E-state index is -0.0922. The summed E-state index contributed by atoms with van der Waals surface area (Å²) in [5.74, 6) is 0.231. The molecule has 22 heavy (non-hydrogen) atoms. The van der Waals surface area contributed by atoms with Crippen molar-refractivity contribution in [3.8, 4) is 0 Å². The van der Waals surface area contributed by atoms with Crippen molar-refractivity contribution in [1.82, 2.24) is 10.6 Å². The van der Waals surface area contributed by atoms with Crippen molar-refractivity contribution < 1.29 is 9.59 Å². The van der Waals surface area contributed by atoms with Crippen molar-refractivity contribution in [1.29, 1.82) is 0 Å². The maximum absolute atomic E-state index is 11.9. The molecule has 0 aliphatic rings. The smallest absolute Gasteiger partial charge is 0.226 e. The Labute approximate surface area is 132 Å². The van der Waals surface area contributed by atoms with Crippen molar-refractivity contribution in [2.75, 3.05) is 18.4 Å². The van der Waals surface area contributed by atoms with E-state index in [1.54, 1.807) is 0 Å². The number of hydrogen-bond donors (Lipinski definition) is 3. The second-order valence-corrected chi connectivity index (χ2v) is 5.73. The highest BCUT2D eigenvalue weighted by Crippen LogP contribution is 2.10. The van der Waals surface area contributed by atoms with Gasteiger partial charge in [-0.25, -0.2) is 0 Å². The first-order valence-corrected chi connectivity index (χ1v) is 7.87. The highest BCUT2D eigenvalue weighted by atomic mass is 16.2. The van der Waals surface area contributed by atoms with E-state index < -0.39 is 0 Å². The lowest BCUT2D eigenvalue weighted by Gasteiger charge is -2.09. The van der Waals surface area contributed by atoms with Gasteiger partial charge in [0, 0.05) is 31.6 Å². The van der Waals surface area contributed by atoms with Crippen LogP contribution in [0.1, 0.15) is 39.2 Å². The topological polar surface area (TPSA) is 70.2 Å². The van der Waals surface area contributed by atoms with E-state index in [1.165, 1.54) is 0 Å². The maximum atomic E-state index is 11.9. The van der Waals surface area contributed by atoms with E-state index in [9.17, 15) is 9.59 Å². The van der Waals surface area contributed by atoms with Gasteiger partial charge in [0.05, 0.1) is 0 Å². The predicted octanol–water partition coefficient (Wildman–Crippen LogP) is 2.29. The third kappa shape index (κ3) is 7.78. The minimum absolute atomic E-state index is 0.00422. The third-order valence-electron chi connectivity index (χ3n) is 3.06. The molecule has 122 valence electrons. The summed E-state index contributed by atoms with van der Waals surface area (Å²) >= 11 is 0. The van der Waals surface area contributed by atoms with E-state index >= 15 is 0 Å². The fourth-order valence-electron chi connectivity index (χ4n) is 2.01. The Hall–Kier alpha value is -1.88. The van der Waals surface area contributed by atoms with Crippen LogP contribution in [-0.2, 0) is 16.1 Å². The molecule has 0 saturated carbocycles. The summed E-state index contributed by atoms with van der Waals surface area (Å²) in [5.41, 5.74) is 1.92. The Balaban J connectivity index is 2.34. The lowest BCUT2D eigenvalue weighted by Crippen LogP contribution is -2.28. The van der Waals surface area contributed by atoms with Gasteiger partial charge in [-0.15, -0.1) is 0 Å². The molecule has 0 saturated heterocycles. The third-order valence-corrected chi connectivity index (χ3v) is 3.06. The average molecular weight is 305 g/mol. The molecule has 2 amide bonds. The van der Waals surface area contributed by atoms with E-state index in [4.69, 9.17) is 0 Å². The molecule has 1 rings (SSSR count). The van der Waals surface area contributed by atoms with Gasteiger partial charge < -0.3 is 16.0 Å². The molecule has 0 bridgehead atoms. The number of nitrogens with one attached hydrogen (secondary N) is 3. The Morgan fingerprint density at radius 2 is 1.95 bits per heavy atom. The molecular formula is C17H27N3O2. The van der Waals surface area contributed by atoms with Gasteiger partial charge in [-0.1, -0.05) is 32.9 Å². The molecular weight excluding hydrogens is 278 g/mol. The second kappa shape index (κ2) is 9.95. The van der Waals surface area contributed by atoms with Crippen LogP contribution < -0.4 is 16.0 Å². The summed E-state index contributed by atoms with van der Waals surface area (Å²) in [5, 5.41) is 8.86. The lowest BCUT2D eigenvalue weighted by atomic mass is 10.1. The van der Waals surface area contributed by atoms with Crippen LogP contribution in [0.25, 0.3) is 0 Å². The van der Waals surface area contributed by atoms with Crippen LogP contribution in [0, 0.1) is 5.92 Å². The van der Waals surface area contributed by atoms with Gasteiger partial charge in [0.2, 0.25) is 11.8 Å². The molecule has 0 aromatic heterocycles. The predicted molar refractivity (Wildman–Crippen MR) is 89.5 cm³/mol. The van der Waals surface area contributed by atoms with Gasteiger partial charge in [0.1, 0.15) is 0 Å². The van der Waals surface area contributed by atoms with E-state index in [0.717, 1.165) is 24.3 Å². The molecule has 3 N–H and O–H groups in total. The fraction of sp³-hybridized carbons (Fsp3) is 0.529. The van der Waals surface area contributed by atoms with Gasteiger partial charge in [-0.2, -0.15) is 0 Å². The average Bonchev–Trinajstić information content (AvgIpc) is 2.44. The number of carbonyl (C=O) groups is 2. The van der Waals surface area contributed by atoms with Crippen LogP contribution in [0.5, 0.6) is 0 Å². The Bertz CT molecular complexity index is 487. The molecule has 5 nitrogen and oxygen atoms in total. The summed E-state index contributed by atoms with van der Waals surface area (Å²) < 4.78 is 0. The Kier molecular flexibility index (Phi) is 8.22. The highest BCUT2D eigenvalue weighted by Gasteiger charge is 2.06. The molecule has 1 aromatic carbocycles. The lowest BCUT2D eigenvalue weighted by molar-refractivity contribution is -0.121. The molecule has 0 atom stereocenters. The van der Waals surface area contributed by atoms with Crippen molar-refractivity contribution in [2.45, 2.75) is 40.2 Å². The fourth-order valence-corrected chi connectivity index (χ4v) is 2.01. The normalized spacial score (nSPS) is 10.5. The first kappa shape index (κ1) is 18.2. The van der Waals surface area contributed by atoms with Gasteiger partial charge in [0.25, 0.3) is 0 Å². The standard InChI is InChI=1S/C17H27N3O2/c1-4-18-12-14-6-5-7-15(11-14)20-16(21)8-9-19-17(22)10-13(2)3/h5-7,11,13,18H,4,8-10,12H2,1-3H3,(H,19,22)(H,20,21). The van der Waals surface area contributed by atoms with E-state index in [0.29, 0.717) is 18.9 Å². The van der Waals surface area contributed by atoms with Gasteiger partial charge in [-0.3, -0.25) is 9.59 Å². The highest BCUT2D eigenvalue weighted by molar-refractivity contribution is 5.91. The molecule has 0 radical (unpaired) electrons. The number of hydrogen-bond acceptors (Lipinski definition) is 3. The molecule has 5 heteroatoms. The number of anilines is 1. The molecule has 0 spiro atoms. The van der Waals surface area contributed by atoms with Gasteiger partial charge in [-0.05, 0) is 30.2 Å². The first-order chi connectivity index (χ1) is 10.5. The second-order valence-electron chi connectivity index (χ2n) is 5.73. The molecule has 1 aromatic rings. The molecule has 0 unspecified atom stereocenters. The molecule has 0 aliphatic heterocycles. The quantitative estimate of drug-likeness (QED) is 0.655. The number of carbonyl (C=O) groups excluding carboxylic acids is 2. The zero-order valence-corrected chi connectivity index (χ0v) is 13.7. The Morgan fingerprint density at radius 1 is 1.18 bits per heavy atom. The zero-order valence-electron chi connectivity index (χ0n) is 13.7. The van der Waals surface area contributed by atoms with Gasteiger partial charge >= 0.3 is 0 Å². The Morgan fingerprint density at radius 3 is 2.64 bits per heavy atom. The molecule has 0 fully saturated rings. The van der Waals surface area contributed by atoms with Crippen LogP contribution in [0.2, 0.25) is 0 Å². The van der Waals surface area contributed by atoms with Crippen LogP contribution in [0.3, 0.4) is 0 Å². The molecule has 0 aliphatic carbocycles. The van der Waals surface area contributed by atoms with Crippen LogP contribution in [0.4, 0.5) is 5.69 Å². The number of benzene rings is 1. The van der Waals surface area contributed by atoms with Crippen molar-refractivity contribution in [3.05, 3.63) is 29.8 Å². The van der Waals surface area contributed by atoms with E-state index in [-0.39, 0.29) is 18.2 Å². The summed E-state index contributed by atoms with van der Waals surface area (Å²) in [6, 6.07) is 7.76. The summed E-state index contributed by atoms with van der Waals surface area (Å²) in [6.07, 6.45) is 0.773. The van der Waals surface area contributed by atoms with E-state index in [2.05, 4.69) is 22.9 Å². The summed E-state index contributed by atoms with van der Waals surface area (Å²) in [7, 11) is 0.